The van der Waals surface area contributed by atoms with Crippen molar-refractivity contribution in [2.24, 2.45) is 0 Å². The second-order valence-corrected chi connectivity index (χ2v) is 3.45. The van der Waals surface area contributed by atoms with Crippen molar-refractivity contribution in [3.63, 3.8) is 0 Å². The van der Waals surface area contributed by atoms with Crippen molar-refractivity contribution in [2.75, 3.05) is 0 Å². The molecule has 0 unspecified atom stereocenters. The average Bonchev–Trinajstić information content (AvgIpc) is 2.88. The molecular formula is C9H11NOS. The Morgan fingerprint density at radius 1 is 1.58 bits per heavy atom. The number of hydrogen-bond acceptors (Lipinski definition) is 2. The Morgan fingerprint density at radius 3 is 2.92 bits per heavy atom. The van der Waals surface area contributed by atoms with Gasteiger partial charge in [-0.05, 0) is 18.9 Å². The zero-order chi connectivity index (χ0) is 8.55. The van der Waals surface area contributed by atoms with Crippen LogP contribution in [-0.4, -0.2) is 4.57 Å². The first-order valence-corrected chi connectivity index (χ1v) is 4.77. The second kappa shape index (κ2) is 2.98. The molecule has 1 aliphatic carbocycles. The summed E-state index contributed by atoms with van der Waals surface area (Å²) in [5, 5.41) is 0. The van der Waals surface area contributed by atoms with Crippen LogP contribution in [0.3, 0.4) is 0 Å². The van der Waals surface area contributed by atoms with Gasteiger partial charge >= 0.3 is 0 Å². The molecule has 0 N–H and O–H groups in total. The number of nitrogens with zero attached hydrogens (tertiary/aromatic N) is 1. The Balaban J connectivity index is 2.48. The molecule has 1 fully saturated rings. The molecule has 0 atom stereocenters. The minimum atomic E-state index is 0.134. The van der Waals surface area contributed by atoms with Crippen molar-refractivity contribution < 1.29 is 0 Å². The summed E-state index contributed by atoms with van der Waals surface area (Å²) >= 11 is 4.10. The lowest BCUT2D eigenvalue weighted by Gasteiger charge is -2.03. The fraction of sp³-hybridized carbons (Fsp3) is 0.444. The molecule has 3 heteroatoms. The molecule has 0 amide bonds. The van der Waals surface area contributed by atoms with Gasteiger partial charge in [-0.25, -0.2) is 0 Å². The smallest absolute Gasteiger partial charge is 0.254 e. The fourth-order valence-corrected chi connectivity index (χ4v) is 1.56. The van der Waals surface area contributed by atoms with E-state index in [2.05, 4.69) is 12.6 Å². The predicted octanol–water partition coefficient (Wildman–Crippen LogP) is 1.61. The third-order valence-corrected chi connectivity index (χ3v) is 2.50. The summed E-state index contributed by atoms with van der Waals surface area (Å²) in [6, 6.07) is 4.23. The standard InChI is InChI=1S/C9H11NOS/c11-9-7(6-12)2-1-5-10(9)8-3-4-8/h1-2,5,8,12H,3-4,6H2. The molecule has 2 rings (SSSR count). The van der Waals surface area contributed by atoms with Crippen molar-refractivity contribution in [3.05, 3.63) is 34.2 Å². The molecule has 0 aromatic carbocycles. The maximum atomic E-state index is 11.6. The van der Waals surface area contributed by atoms with E-state index in [1.165, 1.54) is 0 Å². The largest absolute Gasteiger partial charge is 0.312 e. The molecule has 0 radical (unpaired) electrons. The van der Waals surface area contributed by atoms with Gasteiger partial charge in [-0.3, -0.25) is 4.79 Å². The fourth-order valence-electron chi connectivity index (χ4n) is 1.32. The van der Waals surface area contributed by atoms with Crippen molar-refractivity contribution >= 4 is 12.6 Å². The minimum Gasteiger partial charge on any atom is -0.312 e. The number of pyridine rings is 1. The quantitative estimate of drug-likeness (QED) is 0.688. The van der Waals surface area contributed by atoms with Gasteiger partial charge in [-0.1, -0.05) is 6.07 Å². The van der Waals surface area contributed by atoms with Crippen LogP contribution in [0.2, 0.25) is 0 Å². The predicted molar refractivity (Wildman–Crippen MR) is 51.7 cm³/mol. The van der Waals surface area contributed by atoms with E-state index in [9.17, 15) is 4.79 Å². The topological polar surface area (TPSA) is 22.0 Å². The van der Waals surface area contributed by atoms with Crippen LogP contribution >= 0.6 is 12.6 Å². The summed E-state index contributed by atoms with van der Waals surface area (Å²) in [5.41, 5.74) is 0.933. The van der Waals surface area contributed by atoms with Crippen molar-refractivity contribution in [1.82, 2.24) is 4.57 Å². The lowest BCUT2D eigenvalue weighted by Crippen LogP contribution is -2.21. The summed E-state index contributed by atoms with van der Waals surface area (Å²) in [6.07, 6.45) is 4.17. The molecule has 0 aliphatic heterocycles. The van der Waals surface area contributed by atoms with Gasteiger partial charge in [0.2, 0.25) is 0 Å². The molecule has 64 valence electrons. The summed E-state index contributed by atoms with van der Waals surface area (Å²) < 4.78 is 1.82. The normalized spacial score (nSPS) is 16.4. The van der Waals surface area contributed by atoms with Crippen molar-refractivity contribution in [1.29, 1.82) is 0 Å². The molecule has 0 saturated heterocycles. The molecule has 1 heterocycles. The molecule has 1 aromatic rings. The molecule has 1 aliphatic rings. The molecule has 0 spiro atoms. The van der Waals surface area contributed by atoms with Crippen LogP contribution in [0, 0.1) is 0 Å². The first-order chi connectivity index (χ1) is 5.83. The molecule has 1 saturated carbocycles. The third kappa shape index (κ3) is 1.29. The Kier molecular flexibility index (Phi) is 1.97. The van der Waals surface area contributed by atoms with Gasteiger partial charge in [0.25, 0.3) is 5.56 Å². The summed E-state index contributed by atoms with van der Waals surface area (Å²) in [6.45, 7) is 0. The van der Waals surface area contributed by atoms with Gasteiger partial charge in [-0.15, -0.1) is 0 Å². The second-order valence-electron chi connectivity index (χ2n) is 3.14. The highest BCUT2D eigenvalue weighted by Crippen LogP contribution is 2.33. The Morgan fingerprint density at radius 2 is 2.33 bits per heavy atom. The zero-order valence-corrected chi connectivity index (χ0v) is 7.63. The number of aromatic nitrogens is 1. The van der Waals surface area contributed by atoms with Gasteiger partial charge in [-0.2, -0.15) is 12.6 Å². The average molecular weight is 181 g/mol. The van der Waals surface area contributed by atoms with E-state index in [1.54, 1.807) is 0 Å². The maximum absolute atomic E-state index is 11.6. The van der Waals surface area contributed by atoms with E-state index in [0.29, 0.717) is 11.8 Å². The first-order valence-electron chi connectivity index (χ1n) is 4.14. The first kappa shape index (κ1) is 7.92. The summed E-state index contributed by atoms with van der Waals surface area (Å²) in [5.74, 6) is 0.534. The van der Waals surface area contributed by atoms with Crippen LogP contribution in [0.15, 0.2) is 23.1 Å². The Bertz CT molecular complexity index is 341. The highest BCUT2D eigenvalue weighted by Gasteiger charge is 2.24. The SMILES string of the molecule is O=c1c(CS)cccn1C1CC1. The number of thiol groups is 1. The van der Waals surface area contributed by atoms with E-state index < -0.39 is 0 Å². The highest BCUT2D eigenvalue weighted by molar-refractivity contribution is 7.79. The highest BCUT2D eigenvalue weighted by atomic mass is 32.1. The van der Waals surface area contributed by atoms with Gasteiger partial charge in [0.1, 0.15) is 0 Å². The maximum Gasteiger partial charge on any atom is 0.254 e. The van der Waals surface area contributed by atoms with E-state index in [1.807, 2.05) is 22.9 Å². The summed E-state index contributed by atoms with van der Waals surface area (Å²) in [7, 11) is 0. The van der Waals surface area contributed by atoms with Crippen LogP contribution in [0.4, 0.5) is 0 Å². The summed E-state index contributed by atoms with van der Waals surface area (Å²) in [4.78, 5) is 11.6. The third-order valence-electron chi connectivity index (χ3n) is 2.16. The van der Waals surface area contributed by atoms with Gasteiger partial charge in [0.15, 0.2) is 0 Å². The molecule has 2 nitrogen and oxygen atoms in total. The van der Waals surface area contributed by atoms with E-state index in [-0.39, 0.29) is 5.56 Å². The minimum absolute atomic E-state index is 0.134. The van der Waals surface area contributed by atoms with E-state index >= 15 is 0 Å². The molecule has 1 aromatic heterocycles. The van der Waals surface area contributed by atoms with Gasteiger partial charge < -0.3 is 4.57 Å². The Hall–Kier alpha value is -0.700. The molecule has 12 heavy (non-hydrogen) atoms. The van der Waals surface area contributed by atoms with Crippen LogP contribution in [-0.2, 0) is 5.75 Å². The zero-order valence-electron chi connectivity index (χ0n) is 6.73. The van der Waals surface area contributed by atoms with Crippen LogP contribution < -0.4 is 5.56 Å². The van der Waals surface area contributed by atoms with Crippen molar-refractivity contribution in [3.8, 4) is 0 Å². The lowest BCUT2D eigenvalue weighted by atomic mass is 10.3. The van der Waals surface area contributed by atoms with Crippen LogP contribution in [0.5, 0.6) is 0 Å². The van der Waals surface area contributed by atoms with Crippen molar-refractivity contribution in [2.45, 2.75) is 24.6 Å². The van der Waals surface area contributed by atoms with Crippen LogP contribution in [0.1, 0.15) is 24.4 Å². The van der Waals surface area contributed by atoms with Crippen LogP contribution in [0.25, 0.3) is 0 Å². The van der Waals surface area contributed by atoms with E-state index in [4.69, 9.17) is 0 Å². The Labute approximate surface area is 76.6 Å². The van der Waals surface area contributed by atoms with E-state index in [0.717, 1.165) is 18.4 Å². The monoisotopic (exact) mass is 181 g/mol. The lowest BCUT2D eigenvalue weighted by molar-refractivity contribution is 0.701. The van der Waals surface area contributed by atoms with Gasteiger partial charge in [0, 0.05) is 23.6 Å². The molecular weight excluding hydrogens is 170 g/mol. The number of hydrogen-bond donors (Lipinski definition) is 1. The number of rotatable bonds is 2. The van der Waals surface area contributed by atoms with Gasteiger partial charge in [0.05, 0.1) is 0 Å². The molecule has 0 bridgehead atoms.